The van der Waals surface area contributed by atoms with Crippen molar-refractivity contribution in [3.05, 3.63) is 66.4 Å². The molecular formula is C17H16N2O2. The van der Waals surface area contributed by atoms with E-state index in [0.717, 1.165) is 22.2 Å². The zero-order chi connectivity index (χ0) is 14.7. The summed E-state index contributed by atoms with van der Waals surface area (Å²) in [7, 11) is 0. The lowest BCUT2D eigenvalue weighted by atomic mass is 10.1. The summed E-state index contributed by atoms with van der Waals surface area (Å²) in [6.07, 6.45) is 1.05. The van der Waals surface area contributed by atoms with Gasteiger partial charge in [-0.05, 0) is 42.0 Å². The number of aliphatic hydroxyl groups is 1. The van der Waals surface area contributed by atoms with E-state index in [-0.39, 0.29) is 6.61 Å². The molecule has 0 fully saturated rings. The highest BCUT2D eigenvalue weighted by molar-refractivity contribution is 5.84. The predicted octanol–water partition coefficient (Wildman–Crippen LogP) is 2.93. The molecule has 0 radical (unpaired) electrons. The maximum atomic E-state index is 10.2. The van der Waals surface area contributed by atoms with E-state index in [9.17, 15) is 5.11 Å². The van der Waals surface area contributed by atoms with Gasteiger partial charge in [-0.25, -0.2) is 0 Å². The van der Waals surface area contributed by atoms with E-state index in [1.807, 2.05) is 30.3 Å². The van der Waals surface area contributed by atoms with Crippen LogP contribution in [0.3, 0.4) is 0 Å². The van der Waals surface area contributed by atoms with Gasteiger partial charge in [0.2, 0.25) is 0 Å². The van der Waals surface area contributed by atoms with Gasteiger partial charge in [-0.2, -0.15) is 0 Å². The molecule has 0 saturated heterocycles. The number of hydrogen-bond donors (Lipinski definition) is 2. The molecule has 0 saturated carbocycles. The largest absolute Gasteiger partial charge is 0.490 e. The average molecular weight is 280 g/mol. The molecule has 0 spiro atoms. The van der Waals surface area contributed by atoms with Crippen LogP contribution in [0.25, 0.3) is 10.9 Å². The fourth-order valence-electron chi connectivity index (χ4n) is 2.18. The van der Waals surface area contributed by atoms with E-state index in [2.05, 4.69) is 4.98 Å². The molecule has 2 aromatic carbocycles. The Kier molecular flexibility index (Phi) is 3.71. The molecule has 1 aromatic heterocycles. The van der Waals surface area contributed by atoms with Crippen LogP contribution in [0.2, 0.25) is 0 Å². The lowest BCUT2D eigenvalue weighted by molar-refractivity contribution is 0.109. The first-order valence-electron chi connectivity index (χ1n) is 6.74. The number of nitrogens with zero attached hydrogens (tertiary/aromatic N) is 1. The number of nitrogen functional groups attached to an aromatic ring is 1. The minimum absolute atomic E-state index is 0.178. The minimum Gasteiger partial charge on any atom is -0.490 e. The number of ether oxygens (including phenoxy) is 1. The third-order valence-electron chi connectivity index (χ3n) is 3.32. The third-order valence-corrected chi connectivity index (χ3v) is 3.32. The maximum Gasteiger partial charge on any atom is 0.128 e. The third kappa shape index (κ3) is 2.95. The van der Waals surface area contributed by atoms with Gasteiger partial charge in [0.15, 0.2) is 0 Å². The van der Waals surface area contributed by atoms with Crippen LogP contribution >= 0.6 is 0 Å². The number of fused-ring (bicyclic) bond motifs is 1. The number of pyridine rings is 1. The Morgan fingerprint density at radius 3 is 2.67 bits per heavy atom. The number of aromatic nitrogens is 1. The molecule has 0 bridgehead atoms. The quantitative estimate of drug-likeness (QED) is 0.721. The summed E-state index contributed by atoms with van der Waals surface area (Å²) < 4.78 is 5.74. The molecule has 3 aromatic rings. The van der Waals surface area contributed by atoms with Crippen molar-refractivity contribution >= 4 is 16.6 Å². The molecule has 0 aliphatic heterocycles. The standard InChI is InChI=1S/C17H16N2O2/c18-13-8-6-12(7-9-13)16(20)11-21-17-5-1-4-15-14(17)3-2-10-19-15/h1-10,16,20H,11,18H2. The number of anilines is 1. The van der Waals surface area contributed by atoms with E-state index in [0.29, 0.717) is 5.69 Å². The van der Waals surface area contributed by atoms with Crippen molar-refractivity contribution < 1.29 is 9.84 Å². The van der Waals surface area contributed by atoms with Crippen LogP contribution < -0.4 is 10.5 Å². The summed E-state index contributed by atoms with van der Waals surface area (Å²) in [6.45, 7) is 0.178. The van der Waals surface area contributed by atoms with Gasteiger partial charge in [-0.1, -0.05) is 18.2 Å². The van der Waals surface area contributed by atoms with Gasteiger partial charge in [0.05, 0.1) is 5.52 Å². The summed E-state index contributed by atoms with van der Waals surface area (Å²) >= 11 is 0. The minimum atomic E-state index is -0.697. The van der Waals surface area contributed by atoms with Crippen molar-refractivity contribution in [1.82, 2.24) is 4.98 Å². The molecule has 106 valence electrons. The molecule has 4 nitrogen and oxygen atoms in total. The number of benzene rings is 2. The van der Waals surface area contributed by atoms with Gasteiger partial charge in [0.25, 0.3) is 0 Å². The molecule has 3 N–H and O–H groups in total. The van der Waals surface area contributed by atoms with Crippen molar-refractivity contribution in [2.75, 3.05) is 12.3 Å². The Morgan fingerprint density at radius 1 is 1.05 bits per heavy atom. The Labute approximate surface area is 122 Å². The molecule has 0 aliphatic carbocycles. The fraction of sp³-hybridized carbons (Fsp3) is 0.118. The number of rotatable bonds is 4. The SMILES string of the molecule is Nc1ccc(C(O)COc2cccc3ncccc23)cc1. The molecule has 1 atom stereocenters. The zero-order valence-electron chi connectivity index (χ0n) is 11.4. The lowest BCUT2D eigenvalue weighted by Crippen LogP contribution is -2.10. The van der Waals surface area contributed by atoms with E-state index >= 15 is 0 Å². The highest BCUT2D eigenvalue weighted by atomic mass is 16.5. The van der Waals surface area contributed by atoms with Crippen LogP contribution in [0, 0.1) is 0 Å². The summed E-state index contributed by atoms with van der Waals surface area (Å²) in [5.74, 6) is 0.718. The fourth-order valence-corrected chi connectivity index (χ4v) is 2.18. The molecular weight excluding hydrogens is 264 g/mol. The number of hydrogen-bond acceptors (Lipinski definition) is 4. The molecule has 21 heavy (non-hydrogen) atoms. The molecule has 0 amide bonds. The summed E-state index contributed by atoms with van der Waals surface area (Å²) in [6, 6.07) is 16.6. The second-order valence-electron chi connectivity index (χ2n) is 4.82. The number of aliphatic hydroxyl groups excluding tert-OH is 1. The molecule has 1 heterocycles. The van der Waals surface area contributed by atoms with E-state index < -0.39 is 6.10 Å². The summed E-state index contributed by atoms with van der Waals surface area (Å²) in [5.41, 5.74) is 7.96. The normalized spacial score (nSPS) is 12.2. The van der Waals surface area contributed by atoms with Gasteiger partial charge in [-0.15, -0.1) is 0 Å². The van der Waals surface area contributed by atoms with E-state index in [1.165, 1.54) is 0 Å². The Hall–Kier alpha value is -2.59. The highest BCUT2D eigenvalue weighted by Crippen LogP contribution is 2.25. The predicted molar refractivity (Wildman–Crippen MR) is 83.1 cm³/mol. The van der Waals surface area contributed by atoms with Gasteiger partial charge in [0.1, 0.15) is 18.5 Å². The highest BCUT2D eigenvalue weighted by Gasteiger charge is 2.09. The van der Waals surface area contributed by atoms with Crippen LogP contribution in [-0.2, 0) is 0 Å². The van der Waals surface area contributed by atoms with Crippen LogP contribution in [-0.4, -0.2) is 16.7 Å². The maximum absolute atomic E-state index is 10.2. The molecule has 3 rings (SSSR count). The van der Waals surface area contributed by atoms with E-state index in [4.69, 9.17) is 10.5 Å². The first-order valence-corrected chi connectivity index (χ1v) is 6.74. The van der Waals surface area contributed by atoms with Gasteiger partial charge in [-0.3, -0.25) is 4.98 Å². The molecule has 1 unspecified atom stereocenters. The first-order chi connectivity index (χ1) is 10.2. The van der Waals surface area contributed by atoms with Crippen molar-refractivity contribution in [3.63, 3.8) is 0 Å². The zero-order valence-corrected chi connectivity index (χ0v) is 11.4. The monoisotopic (exact) mass is 280 g/mol. The van der Waals surface area contributed by atoms with Crippen molar-refractivity contribution in [2.24, 2.45) is 0 Å². The molecule has 4 heteroatoms. The Morgan fingerprint density at radius 2 is 1.86 bits per heavy atom. The van der Waals surface area contributed by atoms with Crippen LogP contribution in [0.1, 0.15) is 11.7 Å². The average Bonchev–Trinajstić information content (AvgIpc) is 2.53. The molecule has 0 aliphatic rings. The van der Waals surface area contributed by atoms with Crippen molar-refractivity contribution in [1.29, 1.82) is 0 Å². The second-order valence-corrected chi connectivity index (χ2v) is 4.82. The van der Waals surface area contributed by atoms with Gasteiger partial charge < -0.3 is 15.6 Å². The first kappa shape index (κ1) is 13.4. The van der Waals surface area contributed by atoms with Crippen molar-refractivity contribution in [2.45, 2.75) is 6.10 Å². The lowest BCUT2D eigenvalue weighted by Gasteiger charge is -2.14. The Bertz CT molecular complexity index is 736. The topological polar surface area (TPSA) is 68.4 Å². The smallest absolute Gasteiger partial charge is 0.128 e. The summed E-state index contributed by atoms with van der Waals surface area (Å²) in [5, 5.41) is 11.1. The second kappa shape index (κ2) is 5.81. The van der Waals surface area contributed by atoms with Gasteiger partial charge in [0, 0.05) is 17.3 Å². The van der Waals surface area contributed by atoms with Crippen LogP contribution in [0.4, 0.5) is 5.69 Å². The van der Waals surface area contributed by atoms with Crippen LogP contribution in [0.5, 0.6) is 5.75 Å². The van der Waals surface area contributed by atoms with E-state index in [1.54, 1.807) is 30.5 Å². The van der Waals surface area contributed by atoms with Crippen LogP contribution in [0.15, 0.2) is 60.8 Å². The van der Waals surface area contributed by atoms with Crippen molar-refractivity contribution in [3.8, 4) is 5.75 Å². The Balaban J connectivity index is 1.76. The number of nitrogens with two attached hydrogens (primary N) is 1. The van der Waals surface area contributed by atoms with Gasteiger partial charge >= 0.3 is 0 Å². The summed E-state index contributed by atoms with van der Waals surface area (Å²) in [4.78, 5) is 4.28.